The van der Waals surface area contributed by atoms with Gasteiger partial charge in [0.15, 0.2) is 0 Å². The molecule has 1 aromatic carbocycles. The second kappa shape index (κ2) is 7.04. The van der Waals surface area contributed by atoms with Crippen molar-refractivity contribution in [2.75, 3.05) is 24.5 Å². The molecule has 1 aliphatic rings. The molecule has 3 nitrogen and oxygen atoms in total. The van der Waals surface area contributed by atoms with E-state index in [2.05, 4.69) is 17.1 Å². The van der Waals surface area contributed by atoms with Gasteiger partial charge in [-0.05, 0) is 44.5 Å². The third-order valence-corrected chi connectivity index (χ3v) is 3.53. The Kier molecular flexibility index (Phi) is 5.38. The summed E-state index contributed by atoms with van der Waals surface area (Å²) in [5.74, 6) is -0.148. The van der Waals surface area contributed by atoms with Gasteiger partial charge < -0.3 is 15.0 Å². The Labute approximate surface area is 121 Å². The highest BCUT2D eigenvalue weighted by Gasteiger charge is 2.24. The van der Waals surface area contributed by atoms with E-state index in [4.69, 9.17) is 4.74 Å². The van der Waals surface area contributed by atoms with Crippen LogP contribution in [0.3, 0.4) is 0 Å². The lowest BCUT2D eigenvalue weighted by molar-refractivity contribution is -0.00539. The lowest BCUT2D eigenvalue weighted by Crippen LogP contribution is -2.45. The van der Waals surface area contributed by atoms with Gasteiger partial charge in [-0.25, -0.2) is 4.39 Å². The molecule has 0 aliphatic carbocycles. The van der Waals surface area contributed by atoms with Crippen LogP contribution in [-0.2, 0) is 11.3 Å². The SMILES string of the molecule is CCCNCc1ccc(F)c(N2CC(C)OC(C)C2)c1. The number of nitrogens with one attached hydrogen (secondary N) is 1. The monoisotopic (exact) mass is 280 g/mol. The molecule has 0 saturated carbocycles. The second-order valence-electron chi connectivity index (χ2n) is 5.62. The molecule has 20 heavy (non-hydrogen) atoms. The van der Waals surface area contributed by atoms with Crippen molar-refractivity contribution in [1.82, 2.24) is 5.32 Å². The molecule has 0 aromatic heterocycles. The molecule has 2 unspecified atom stereocenters. The topological polar surface area (TPSA) is 24.5 Å². The maximum atomic E-state index is 14.1. The number of rotatable bonds is 5. The molecular weight excluding hydrogens is 255 g/mol. The molecule has 0 amide bonds. The van der Waals surface area contributed by atoms with Crippen LogP contribution in [0.1, 0.15) is 32.8 Å². The van der Waals surface area contributed by atoms with Gasteiger partial charge in [-0.1, -0.05) is 13.0 Å². The summed E-state index contributed by atoms with van der Waals surface area (Å²) in [4.78, 5) is 2.09. The maximum Gasteiger partial charge on any atom is 0.146 e. The predicted octanol–water partition coefficient (Wildman–Crippen LogP) is 2.94. The Morgan fingerprint density at radius 1 is 1.30 bits per heavy atom. The summed E-state index contributed by atoms with van der Waals surface area (Å²) in [6, 6.07) is 5.39. The van der Waals surface area contributed by atoms with E-state index in [1.807, 2.05) is 26.0 Å². The molecule has 1 heterocycles. The Balaban J connectivity index is 2.11. The maximum absolute atomic E-state index is 14.1. The normalized spacial score (nSPS) is 23.1. The van der Waals surface area contributed by atoms with E-state index >= 15 is 0 Å². The minimum atomic E-state index is -0.148. The molecule has 2 atom stereocenters. The van der Waals surface area contributed by atoms with Crippen LogP contribution in [0, 0.1) is 5.82 Å². The van der Waals surface area contributed by atoms with Gasteiger partial charge in [0.1, 0.15) is 5.82 Å². The van der Waals surface area contributed by atoms with Gasteiger partial charge in [-0.2, -0.15) is 0 Å². The van der Waals surface area contributed by atoms with Gasteiger partial charge in [-0.15, -0.1) is 0 Å². The minimum Gasteiger partial charge on any atom is -0.372 e. The smallest absolute Gasteiger partial charge is 0.146 e. The van der Waals surface area contributed by atoms with E-state index < -0.39 is 0 Å². The first-order valence-electron chi connectivity index (χ1n) is 7.49. The van der Waals surface area contributed by atoms with Crippen LogP contribution in [0.25, 0.3) is 0 Å². The molecule has 1 N–H and O–H groups in total. The standard InChI is InChI=1S/C16H25FN2O/c1-4-7-18-9-14-5-6-15(17)16(8-14)19-10-12(2)20-13(3)11-19/h5-6,8,12-13,18H,4,7,9-11H2,1-3H3. The van der Waals surface area contributed by atoms with E-state index in [0.717, 1.165) is 38.2 Å². The van der Waals surface area contributed by atoms with E-state index in [9.17, 15) is 4.39 Å². The first-order valence-corrected chi connectivity index (χ1v) is 7.49. The number of ether oxygens (including phenoxy) is 1. The molecule has 1 aromatic rings. The number of nitrogens with zero attached hydrogens (tertiary/aromatic N) is 1. The highest BCUT2D eigenvalue weighted by Crippen LogP contribution is 2.24. The summed E-state index contributed by atoms with van der Waals surface area (Å²) < 4.78 is 19.8. The lowest BCUT2D eigenvalue weighted by atomic mass is 10.1. The van der Waals surface area contributed by atoms with Crippen molar-refractivity contribution in [1.29, 1.82) is 0 Å². The quantitative estimate of drug-likeness (QED) is 0.839. The fourth-order valence-corrected chi connectivity index (χ4v) is 2.69. The molecule has 1 fully saturated rings. The van der Waals surface area contributed by atoms with Crippen molar-refractivity contribution in [2.45, 2.75) is 45.9 Å². The average Bonchev–Trinajstić information content (AvgIpc) is 2.40. The van der Waals surface area contributed by atoms with Crippen LogP contribution in [0.5, 0.6) is 0 Å². The van der Waals surface area contributed by atoms with Crippen LogP contribution < -0.4 is 10.2 Å². The molecule has 1 saturated heterocycles. The van der Waals surface area contributed by atoms with Gasteiger partial charge in [0.2, 0.25) is 0 Å². The third-order valence-electron chi connectivity index (χ3n) is 3.53. The number of anilines is 1. The fourth-order valence-electron chi connectivity index (χ4n) is 2.69. The van der Waals surface area contributed by atoms with Crippen LogP contribution in [-0.4, -0.2) is 31.8 Å². The zero-order valence-electron chi connectivity index (χ0n) is 12.7. The van der Waals surface area contributed by atoms with Crippen molar-refractivity contribution in [3.05, 3.63) is 29.6 Å². The first kappa shape index (κ1) is 15.3. The first-order chi connectivity index (χ1) is 9.60. The Bertz CT molecular complexity index is 428. The molecule has 2 rings (SSSR count). The van der Waals surface area contributed by atoms with Crippen LogP contribution in [0.4, 0.5) is 10.1 Å². The number of morpholine rings is 1. The molecule has 1 aliphatic heterocycles. The highest BCUT2D eigenvalue weighted by molar-refractivity contribution is 5.50. The van der Waals surface area contributed by atoms with Gasteiger partial charge in [-0.3, -0.25) is 0 Å². The molecule has 0 spiro atoms. The molecule has 4 heteroatoms. The Morgan fingerprint density at radius 2 is 2.00 bits per heavy atom. The predicted molar refractivity (Wildman–Crippen MR) is 80.6 cm³/mol. The van der Waals surface area contributed by atoms with Gasteiger partial charge in [0.25, 0.3) is 0 Å². The van der Waals surface area contributed by atoms with E-state index in [-0.39, 0.29) is 18.0 Å². The summed E-state index contributed by atoms with van der Waals surface area (Å²) in [5.41, 5.74) is 1.82. The van der Waals surface area contributed by atoms with Crippen molar-refractivity contribution < 1.29 is 9.13 Å². The summed E-state index contributed by atoms with van der Waals surface area (Å²) in [7, 11) is 0. The van der Waals surface area contributed by atoms with Crippen molar-refractivity contribution >= 4 is 5.69 Å². The van der Waals surface area contributed by atoms with Gasteiger partial charge >= 0.3 is 0 Å². The second-order valence-corrected chi connectivity index (χ2v) is 5.62. The number of halogens is 1. The average molecular weight is 280 g/mol. The van der Waals surface area contributed by atoms with Crippen molar-refractivity contribution in [3.63, 3.8) is 0 Å². The van der Waals surface area contributed by atoms with E-state index in [1.54, 1.807) is 6.07 Å². The summed E-state index contributed by atoms with van der Waals surface area (Å²) >= 11 is 0. The van der Waals surface area contributed by atoms with E-state index in [0.29, 0.717) is 5.69 Å². The van der Waals surface area contributed by atoms with E-state index in [1.165, 1.54) is 0 Å². The molecule has 112 valence electrons. The highest BCUT2D eigenvalue weighted by atomic mass is 19.1. The minimum absolute atomic E-state index is 0.139. The summed E-state index contributed by atoms with van der Waals surface area (Å²) in [6.45, 7) is 9.47. The summed E-state index contributed by atoms with van der Waals surface area (Å²) in [6.07, 6.45) is 1.38. The number of hydrogen-bond donors (Lipinski definition) is 1. The lowest BCUT2D eigenvalue weighted by Gasteiger charge is -2.37. The fraction of sp³-hybridized carbons (Fsp3) is 0.625. The van der Waals surface area contributed by atoms with Crippen LogP contribution in [0.2, 0.25) is 0 Å². The van der Waals surface area contributed by atoms with Crippen molar-refractivity contribution in [3.8, 4) is 0 Å². The molecule has 0 bridgehead atoms. The zero-order valence-corrected chi connectivity index (χ0v) is 12.7. The Hall–Kier alpha value is -1.13. The molecular formula is C16H25FN2O. The van der Waals surface area contributed by atoms with Crippen LogP contribution in [0.15, 0.2) is 18.2 Å². The van der Waals surface area contributed by atoms with Gasteiger partial charge in [0, 0.05) is 19.6 Å². The van der Waals surface area contributed by atoms with Crippen molar-refractivity contribution in [2.24, 2.45) is 0 Å². The summed E-state index contributed by atoms with van der Waals surface area (Å²) in [5, 5.41) is 3.35. The van der Waals surface area contributed by atoms with Crippen LogP contribution >= 0.6 is 0 Å². The third kappa shape index (κ3) is 3.93. The number of hydrogen-bond acceptors (Lipinski definition) is 3. The number of benzene rings is 1. The largest absolute Gasteiger partial charge is 0.372 e. The zero-order chi connectivity index (χ0) is 14.5. The Morgan fingerprint density at radius 3 is 2.65 bits per heavy atom. The van der Waals surface area contributed by atoms with Gasteiger partial charge in [0.05, 0.1) is 17.9 Å². The molecule has 0 radical (unpaired) electrons.